The standard InChI is InChI=1S/C13H17N3O4S2/c1-19-11-4-3-10(7-12(11)20-2)22(17,18)15-6-5-9-8-21-13(14)16-9/h3-4,7-8,15H,5-6H2,1-2H3,(H2,14,16). The Bertz CT molecular complexity index is 743. The maximum Gasteiger partial charge on any atom is 0.240 e. The third-order valence-electron chi connectivity index (χ3n) is 2.91. The summed E-state index contributed by atoms with van der Waals surface area (Å²) in [7, 11) is -0.680. The van der Waals surface area contributed by atoms with Gasteiger partial charge in [-0.3, -0.25) is 0 Å². The van der Waals surface area contributed by atoms with Gasteiger partial charge in [0.15, 0.2) is 16.6 Å². The van der Waals surface area contributed by atoms with Crippen molar-refractivity contribution in [2.45, 2.75) is 11.3 Å². The lowest BCUT2D eigenvalue weighted by Crippen LogP contribution is -2.26. The van der Waals surface area contributed by atoms with Crippen molar-refractivity contribution in [2.75, 3.05) is 26.5 Å². The molecule has 0 unspecified atom stereocenters. The minimum Gasteiger partial charge on any atom is -0.493 e. The van der Waals surface area contributed by atoms with Crippen molar-refractivity contribution in [3.8, 4) is 11.5 Å². The number of thiazole rings is 1. The zero-order chi connectivity index (χ0) is 16.2. The Morgan fingerprint density at radius 2 is 2.00 bits per heavy atom. The summed E-state index contributed by atoms with van der Waals surface area (Å²) in [5.41, 5.74) is 6.29. The number of aromatic nitrogens is 1. The van der Waals surface area contributed by atoms with Crippen LogP contribution in [0.25, 0.3) is 0 Å². The third-order valence-corrected chi connectivity index (χ3v) is 5.09. The Labute approximate surface area is 133 Å². The van der Waals surface area contributed by atoms with Crippen LogP contribution in [0.15, 0.2) is 28.5 Å². The Balaban J connectivity index is 2.06. The molecule has 9 heteroatoms. The van der Waals surface area contributed by atoms with Gasteiger partial charge in [0.25, 0.3) is 0 Å². The summed E-state index contributed by atoms with van der Waals surface area (Å²) < 4.78 is 37.2. The van der Waals surface area contributed by atoms with Crippen LogP contribution in [0.4, 0.5) is 5.13 Å². The number of nitrogen functional groups attached to an aromatic ring is 1. The molecule has 0 radical (unpaired) electrons. The van der Waals surface area contributed by atoms with Crippen molar-refractivity contribution >= 4 is 26.5 Å². The number of benzene rings is 1. The fraction of sp³-hybridized carbons (Fsp3) is 0.308. The lowest BCUT2D eigenvalue weighted by atomic mass is 10.3. The number of anilines is 1. The number of nitrogens with one attached hydrogen (secondary N) is 1. The van der Waals surface area contributed by atoms with E-state index in [-0.39, 0.29) is 11.4 Å². The van der Waals surface area contributed by atoms with E-state index in [1.165, 1.54) is 37.7 Å². The van der Waals surface area contributed by atoms with Crippen LogP contribution in [-0.4, -0.2) is 34.2 Å². The van der Waals surface area contributed by atoms with Crippen molar-refractivity contribution in [2.24, 2.45) is 0 Å². The quantitative estimate of drug-likeness (QED) is 0.784. The number of sulfonamides is 1. The molecule has 1 heterocycles. The summed E-state index contributed by atoms with van der Waals surface area (Å²) in [5, 5.41) is 2.28. The van der Waals surface area contributed by atoms with Gasteiger partial charge < -0.3 is 15.2 Å². The third kappa shape index (κ3) is 3.87. The molecule has 0 aliphatic rings. The van der Waals surface area contributed by atoms with Gasteiger partial charge in [0, 0.05) is 24.4 Å². The van der Waals surface area contributed by atoms with E-state index in [9.17, 15) is 8.42 Å². The highest BCUT2D eigenvalue weighted by molar-refractivity contribution is 7.89. The first-order chi connectivity index (χ1) is 10.5. The molecule has 22 heavy (non-hydrogen) atoms. The first kappa shape index (κ1) is 16.5. The average molecular weight is 343 g/mol. The molecule has 0 saturated carbocycles. The van der Waals surface area contributed by atoms with Crippen LogP contribution < -0.4 is 19.9 Å². The molecule has 0 amide bonds. The van der Waals surface area contributed by atoms with Crippen LogP contribution >= 0.6 is 11.3 Å². The average Bonchev–Trinajstić information content (AvgIpc) is 2.91. The molecule has 0 atom stereocenters. The lowest BCUT2D eigenvalue weighted by molar-refractivity contribution is 0.354. The van der Waals surface area contributed by atoms with Gasteiger partial charge in [-0.2, -0.15) is 0 Å². The van der Waals surface area contributed by atoms with E-state index in [0.29, 0.717) is 23.1 Å². The molecule has 0 fully saturated rings. The fourth-order valence-corrected chi connectivity index (χ4v) is 3.46. The van der Waals surface area contributed by atoms with E-state index in [1.54, 1.807) is 11.4 Å². The molecule has 7 nitrogen and oxygen atoms in total. The molecule has 0 saturated heterocycles. The molecule has 1 aromatic heterocycles. The van der Waals surface area contributed by atoms with Gasteiger partial charge in [-0.1, -0.05) is 0 Å². The lowest BCUT2D eigenvalue weighted by Gasteiger charge is -2.10. The molecular weight excluding hydrogens is 326 g/mol. The van der Waals surface area contributed by atoms with Crippen molar-refractivity contribution < 1.29 is 17.9 Å². The number of nitrogens with zero attached hydrogens (tertiary/aromatic N) is 1. The van der Waals surface area contributed by atoms with Gasteiger partial charge in [-0.25, -0.2) is 18.1 Å². The topological polar surface area (TPSA) is 104 Å². The van der Waals surface area contributed by atoms with Crippen molar-refractivity contribution in [3.05, 3.63) is 29.3 Å². The maximum atomic E-state index is 12.2. The fourth-order valence-electron chi connectivity index (χ4n) is 1.82. The van der Waals surface area contributed by atoms with Crippen molar-refractivity contribution in [1.29, 1.82) is 0 Å². The smallest absolute Gasteiger partial charge is 0.240 e. The van der Waals surface area contributed by atoms with E-state index < -0.39 is 10.0 Å². The summed E-state index contributed by atoms with van der Waals surface area (Å²) in [4.78, 5) is 4.19. The highest BCUT2D eigenvalue weighted by Crippen LogP contribution is 2.29. The zero-order valence-electron chi connectivity index (χ0n) is 12.2. The monoisotopic (exact) mass is 343 g/mol. The van der Waals surface area contributed by atoms with Crippen LogP contribution in [0, 0.1) is 0 Å². The minimum atomic E-state index is -3.62. The summed E-state index contributed by atoms with van der Waals surface area (Å²) in [6, 6.07) is 4.43. The second kappa shape index (κ2) is 6.95. The highest BCUT2D eigenvalue weighted by Gasteiger charge is 2.16. The number of hydrogen-bond acceptors (Lipinski definition) is 7. The van der Waals surface area contributed by atoms with E-state index in [1.807, 2.05) is 0 Å². The summed E-state index contributed by atoms with van der Waals surface area (Å²) in [6.45, 7) is 0.236. The summed E-state index contributed by atoms with van der Waals surface area (Å²) >= 11 is 1.33. The van der Waals surface area contributed by atoms with Gasteiger partial charge in [0.1, 0.15) is 0 Å². The molecule has 0 aliphatic heterocycles. The van der Waals surface area contributed by atoms with Crippen LogP contribution in [0.3, 0.4) is 0 Å². The second-order valence-corrected chi connectivity index (χ2v) is 7.00. The number of methoxy groups -OCH3 is 2. The van der Waals surface area contributed by atoms with Crippen LogP contribution in [0.1, 0.15) is 5.69 Å². The zero-order valence-corrected chi connectivity index (χ0v) is 13.8. The van der Waals surface area contributed by atoms with Gasteiger partial charge in [-0.05, 0) is 12.1 Å². The van der Waals surface area contributed by atoms with Gasteiger partial charge in [0.05, 0.1) is 24.8 Å². The predicted molar refractivity (Wildman–Crippen MR) is 85.0 cm³/mol. The first-order valence-electron chi connectivity index (χ1n) is 6.38. The number of nitrogens with two attached hydrogens (primary N) is 1. The molecular formula is C13H17N3O4S2. The Kier molecular flexibility index (Phi) is 5.22. The normalized spacial score (nSPS) is 11.4. The van der Waals surface area contributed by atoms with Crippen LogP contribution in [0.2, 0.25) is 0 Å². The van der Waals surface area contributed by atoms with Gasteiger partial charge in [0.2, 0.25) is 10.0 Å². The number of ether oxygens (including phenoxy) is 2. The Hall–Kier alpha value is -1.84. The summed E-state index contributed by atoms with van der Waals surface area (Å²) in [5.74, 6) is 0.831. The molecule has 3 N–H and O–H groups in total. The van der Waals surface area contributed by atoms with E-state index >= 15 is 0 Å². The second-order valence-electron chi connectivity index (χ2n) is 4.34. The minimum absolute atomic E-state index is 0.114. The van der Waals surface area contributed by atoms with Crippen LogP contribution in [0.5, 0.6) is 11.5 Å². The molecule has 0 spiro atoms. The van der Waals surface area contributed by atoms with Gasteiger partial charge >= 0.3 is 0 Å². The molecule has 0 bridgehead atoms. The first-order valence-corrected chi connectivity index (χ1v) is 8.74. The maximum absolute atomic E-state index is 12.2. The van der Waals surface area contributed by atoms with E-state index in [0.717, 1.165) is 5.69 Å². The van der Waals surface area contributed by atoms with E-state index in [4.69, 9.17) is 15.2 Å². The highest BCUT2D eigenvalue weighted by atomic mass is 32.2. The Morgan fingerprint density at radius 1 is 1.27 bits per heavy atom. The summed E-state index contributed by atoms with van der Waals surface area (Å²) in [6.07, 6.45) is 0.472. The number of rotatable bonds is 7. The molecule has 2 aromatic rings. The van der Waals surface area contributed by atoms with Gasteiger partial charge in [-0.15, -0.1) is 11.3 Å². The predicted octanol–water partition coefficient (Wildman–Crippen LogP) is 1.26. The largest absolute Gasteiger partial charge is 0.493 e. The van der Waals surface area contributed by atoms with Crippen LogP contribution in [-0.2, 0) is 16.4 Å². The molecule has 120 valence electrons. The van der Waals surface area contributed by atoms with Crippen molar-refractivity contribution in [1.82, 2.24) is 9.71 Å². The number of hydrogen-bond donors (Lipinski definition) is 2. The molecule has 0 aliphatic carbocycles. The van der Waals surface area contributed by atoms with E-state index in [2.05, 4.69) is 9.71 Å². The Morgan fingerprint density at radius 3 is 2.59 bits per heavy atom. The molecule has 2 rings (SSSR count). The molecule has 1 aromatic carbocycles. The van der Waals surface area contributed by atoms with Crippen molar-refractivity contribution in [3.63, 3.8) is 0 Å². The SMILES string of the molecule is COc1ccc(S(=O)(=O)NCCc2csc(N)n2)cc1OC.